The van der Waals surface area contributed by atoms with Gasteiger partial charge in [-0.15, -0.1) is 6.58 Å². The Bertz CT molecular complexity index is 794. The second kappa shape index (κ2) is 18.0. The lowest BCUT2D eigenvalue weighted by molar-refractivity contribution is 0.886. The zero-order valence-electron chi connectivity index (χ0n) is 20.8. The van der Waals surface area contributed by atoms with E-state index in [4.69, 9.17) is 0 Å². The summed E-state index contributed by atoms with van der Waals surface area (Å²) in [4.78, 5) is 0. The van der Waals surface area contributed by atoms with Crippen LogP contribution in [0.4, 0.5) is 0 Å². The van der Waals surface area contributed by atoms with Crippen molar-refractivity contribution >= 4 is 11.1 Å². The topological polar surface area (TPSA) is 0 Å². The van der Waals surface area contributed by atoms with Crippen LogP contribution in [-0.4, -0.2) is 0 Å². The van der Waals surface area contributed by atoms with Gasteiger partial charge in [0.05, 0.1) is 0 Å². The third-order valence-electron chi connectivity index (χ3n) is 4.48. The van der Waals surface area contributed by atoms with Gasteiger partial charge in [0.1, 0.15) is 0 Å². The summed E-state index contributed by atoms with van der Waals surface area (Å²) in [5, 5.41) is 0. The first-order valence-corrected chi connectivity index (χ1v) is 11.5. The van der Waals surface area contributed by atoms with Crippen LogP contribution in [0.2, 0.25) is 0 Å². The molecule has 0 nitrogen and oxygen atoms in total. The van der Waals surface area contributed by atoms with E-state index in [9.17, 15) is 0 Å². The second-order valence-corrected chi connectivity index (χ2v) is 7.01. The van der Waals surface area contributed by atoms with Crippen molar-refractivity contribution in [1.29, 1.82) is 0 Å². The molecule has 0 fully saturated rings. The molecule has 0 heterocycles. The van der Waals surface area contributed by atoms with Crippen molar-refractivity contribution < 1.29 is 0 Å². The number of aryl methyl sites for hydroxylation is 1. The molecule has 0 bridgehead atoms. The Balaban J connectivity index is 0.000000865. The lowest BCUT2D eigenvalue weighted by Crippen LogP contribution is -1.92. The van der Waals surface area contributed by atoms with Crippen molar-refractivity contribution in [2.24, 2.45) is 0 Å². The number of rotatable bonds is 4. The third kappa shape index (κ3) is 10.6. The molecule has 3 aromatic carbocycles. The number of unbranched alkanes of at least 4 members (excludes halogenated alkanes) is 1. The number of hydrogen-bond acceptors (Lipinski definition) is 0. The van der Waals surface area contributed by atoms with Crippen LogP contribution in [0.3, 0.4) is 0 Å². The highest BCUT2D eigenvalue weighted by Crippen LogP contribution is 2.31. The first kappa shape index (κ1) is 28.1. The molecule has 31 heavy (non-hydrogen) atoms. The Morgan fingerprint density at radius 3 is 1.35 bits per heavy atom. The standard InChI is InChI=1S/C22H20.C4H10.C3H6.C2H6/c1-17-13-15-19(16-14-17)18(2)22(20-9-5-3-6-10-20)21-11-7-4-8-12-21;1-3-4-2;1-3-2;1-2/h3-16H,1-2H3;3-4H2,1-2H3;3H,1H2,2H3;1-2H3. The molecule has 0 atom stereocenters. The first-order valence-electron chi connectivity index (χ1n) is 11.5. The summed E-state index contributed by atoms with van der Waals surface area (Å²) >= 11 is 0. The van der Waals surface area contributed by atoms with Gasteiger partial charge in [0.15, 0.2) is 0 Å². The van der Waals surface area contributed by atoms with Gasteiger partial charge in [-0.3, -0.25) is 0 Å². The van der Waals surface area contributed by atoms with E-state index in [0.29, 0.717) is 0 Å². The SMILES string of the molecule is C=CC.CC.CC(=C(c1ccccc1)c1ccccc1)c1ccc(C)cc1.CCCC. The van der Waals surface area contributed by atoms with Crippen molar-refractivity contribution in [3.05, 3.63) is 120 Å². The quantitative estimate of drug-likeness (QED) is 0.294. The second-order valence-electron chi connectivity index (χ2n) is 7.01. The van der Waals surface area contributed by atoms with E-state index in [1.165, 1.54) is 46.2 Å². The monoisotopic (exact) mass is 414 g/mol. The Kier molecular flexibility index (Phi) is 16.3. The molecule has 0 amide bonds. The summed E-state index contributed by atoms with van der Waals surface area (Å²) < 4.78 is 0. The van der Waals surface area contributed by atoms with Crippen LogP contribution < -0.4 is 0 Å². The highest BCUT2D eigenvalue weighted by atomic mass is 14.1. The Hall–Kier alpha value is -2.86. The van der Waals surface area contributed by atoms with E-state index in [0.717, 1.165) is 0 Å². The molecule has 3 rings (SSSR count). The number of hydrogen-bond donors (Lipinski definition) is 0. The van der Waals surface area contributed by atoms with Crippen LogP contribution in [0.1, 0.15) is 76.6 Å². The minimum absolute atomic E-state index is 1.26. The highest BCUT2D eigenvalue weighted by Gasteiger charge is 2.10. The van der Waals surface area contributed by atoms with Crippen LogP contribution >= 0.6 is 0 Å². The lowest BCUT2D eigenvalue weighted by Gasteiger charge is -2.14. The molecule has 0 radical (unpaired) electrons. The summed E-state index contributed by atoms with van der Waals surface area (Å²) in [6, 6.07) is 30.0. The highest BCUT2D eigenvalue weighted by molar-refractivity contribution is 5.97. The maximum Gasteiger partial charge on any atom is -0.00762 e. The van der Waals surface area contributed by atoms with Crippen molar-refractivity contribution in [1.82, 2.24) is 0 Å². The predicted octanol–water partition coefficient (Wildman–Crippen LogP) is 10.00. The summed E-state index contributed by atoms with van der Waals surface area (Å²) in [6.45, 7) is 17.9. The van der Waals surface area contributed by atoms with Crippen LogP contribution in [0, 0.1) is 6.92 Å². The lowest BCUT2D eigenvalue weighted by atomic mass is 9.90. The zero-order chi connectivity index (χ0) is 23.5. The molecule has 0 aliphatic heterocycles. The van der Waals surface area contributed by atoms with Crippen molar-refractivity contribution in [3.63, 3.8) is 0 Å². The molecule has 0 spiro atoms. The van der Waals surface area contributed by atoms with Gasteiger partial charge < -0.3 is 0 Å². The van der Waals surface area contributed by atoms with Gasteiger partial charge in [-0.05, 0) is 48.6 Å². The van der Waals surface area contributed by atoms with Crippen LogP contribution in [0.15, 0.2) is 97.6 Å². The largest absolute Gasteiger partial charge is 0.103 e. The van der Waals surface area contributed by atoms with Gasteiger partial charge in [-0.2, -0.15) is 0 Å². The van der Waals surface area contributed by atoms with E-state index < -0.39 is 0 Å². The minimum atomic E-state index is 1.26. The maximum absolute atomic E-state index is 3.36. The van der Waals surface area contributed by atoms with E-state index in [1.807, 2.05) is 20.8 Å². The van der Waals surface area contributed by atoms with Gasteiger partial charge in [-0.25, -0.2) is 0 Å². The molecule has 166 valence electrons. The Morgan fingerprint density at radius 1 is 0.677 bits per heavy atom. The minimum Gasteiger partial charge on any atom is -0.103 e. The van der Waals surface area contributed by atoms with Crippen LogP contribution in [-0.2, 0) is 0 Å². The van der Waals surface area contributed by atoms with Gasteiger partial charge in [0, 0.05) is 0 Å². The molecule has 0 aromatic heterocycles. The van der Waals surface area contributed by atoms with E-state index in [1.54, 1.807) is 6.08 Å². The van der Waals surface area contributed by atoms with Gasteiger partial charge in [-0.1, -0.05) is 137 Å². The van der Waals surface area contributed by atoms with E-state index in [2.05, 4.69) is 119 Å². The smallest absolute Gasteiger partial charge is 0.00762 e. The fourth-order valence-corrected chi connectivity index (χ4v) is 2.76. The van der Waals surface area contributed by atoms with Gasteiger partial charge >= 0.3 is 0 Å². The fraction of sp³-hybridized carbons (Fsp3) is 0.290. The maximum atomic E-state index is 3.36. The zero-order valence-corrected chi connectivity index (χ0v) is 20.8. The van der Waals surface area contributed by atoms with Crippen molar-refractivity contribution in [3.8, 4) is 0 Å². The molecule has 0 heteroatoms. The molecule has 0 saturated carbocycles. The third-order valence-corrected chi connectivity index (χ3v) is 4.48. The molecular formula is C31H42. The van der Waals surface area contributed by atoms with Crippen LogP contribution in [0.5, 0.6) is 0 Å². The normalized spacial score (nSPS) is 8.87. The Labute approximate surface area is 192 Å². The average Bonchev–Trinajstić information content (AvgIpc) is 2.83. The fourth-order valence-electron chi connectivity index (χ4n) is 2.76. The molecule has 0 saturated heterocycles. The average molecular weight is 415 g/mol. The predicted molar refractivity (Wildman–Crippen MR) is 143 cm³/mol. The molecule has 0 aliphatic rings. The molecule has 3 aromatic rings. The van der Waals surface area contributed by atoms with E-state index in [-0.39, 0.29) is 0 Å². The summed E-state index contributed by atoms with van der Waals surface area (Å²) in [7, 11) is 0. The molecular weight excluding hydrogens is 372 g/mol. The van der Waals surface area contributed by atoms with Gasteiger partial charge in [0.2, 0.25) is 0 Å². The summed E-state index contributed by atoms with van der Waals surface area (Å²) in [5.74, 6) is 0. The first-order chi connectivity index (χ1) is 15.1. The Morgan fingerprint density at radius 2 is 1.03 bits per heavy atom. The summed E-state index contributed by atoms with van der Waals surface area (Å²) in [6.07, 6.45) is 4.39. The van der Waals surface area contributed by atoms with Gasteiger partial charge in [0.25, 0.3) is 0 Å². The molecule has 0 aliphatic carbocycles. The van der Waals surface area contributed by atoms with Crippen molar-refractivity contribution in [2.75, 3.05) is 0 Å². The molecule has 0 N–H and O–H groups in total. The van der Waals surface area contributed by atoms with E-state index >= 15 is 0 Å². The number of benzene rings is 3. The molecule has 0 unspecified atom stereocenters. The summed E-state index contributed by atoms with van der Waals surface area (Å²) in [5.41, 5.74) is 7.67. The van der Waals surface area contributed by atoms with Crippen LogP contribution in [0.25, 0.3) is 11.1 Å². The number of allylic oxidation sites excluding steroid dienone is 2. The van der Waals surface area contributed by atoms with Crippen molar-refractivity contribution in [2.45, 2.75) is 61.3 Å².